The minimum atomic E-state index is 0.653. The van der Waals surface area contributed by atoms with Crippen LogP contribution in [0.25, 0.3) is 10.8 Å². The third-order valence-electron chi connectivity index (χ3n) is 4.04. The molecule has 0 spiro atoms. The van der Waals surface area contributed by atoms with Crippen molar-refractivity contribution in [2.75, 3.05) is 13.2 Å². The second kappa shape index (κ2) is 8.24. The Labute approximate surface area is 140 Å². The van der Waals surface area contributed by atoms with E-state index in [1.54, 1.807) is 0 Å². The first-order chi connectivity index (χ1) is 11.0. The fourth-order valence-electron chi connectivity index (χ4n) is 2.56. The maximum Gasteiger partial charge on any atom is 0.130 e. The number of ether oxygens (including phenoxy) is 2. The van der Waals surface area contributed by atoms with E-state index in [4.69, 9.17) is 9.47 Å². The van der Waals surface area contributed by atoms with E-state index in [1.807, 2.05) is 0 Å². The van der Waals surface area contributed by atoms with Gasteiger partial charge < -0.3 is 9.47 Å². The predicted molar refractivity (Wildman–Crippen MR) is 98.6 cm³/mol. The van der Waals surface area contributed by atoms with Gasteiger partial charge in [0.1, 0.15) is 11.5 Å². The number of aryl methyl sites for hydroxylation is 1. The quantitative estimate of drug-likeness (QED) is 0.595. The molecule has 2 heteroatoms. The van der Waals surface area contributed by atoms with Crippen LogP contribution in [-0.4, -0.2) is 13.2 Å². The average molecular weight is 314 g/mol. The molecule has 0 aliphatic rings. The SMILES string of the molecule is Cc1cc(OCCC(C)C)c2ccccc2c1OCCC(C)C. The largest absolute Gasteiger partial charge is 0.493 e. The van der Waals surface area contributed by atoms with Gasteiger partial charge in [0.05, 0.1) is 13.2 Å². The van der Waals surface area contributed by atoms with Gasteiger partial charge in [0.15, 0.2) is 0 Å². The van der Waals surface area contributed by atoms with Gasteiger partial charge in [-0.1, -0.05) is 52.0 Å². The summed E-state index contributed by atoms with van der Waals surface area (Å²) in [4.78, 5) is 0. The van der Waals surface area contributed by atoms with Gasteiger partial charge in [-0.05, 0) is 43.2 Å². The highest BCUT2D eigenvalue weighted by Crippen LogP contribution is 2.36. The first-order valence-electron chi connectivity index (χ1n) is 8.77. The molecule has 2 aromatic rings. The van der Waals surface area contributed by atoms with Crippen LogP contribution >= 0.6 is 0 Å². The van der Waals surface area contributed by atoms with E-state index in [2.05, 4.69) is 65.0 Å². The van der Waals surface area contributed by atoms with Crippen molar-refractivity contribution in [3.63, 3.8) is 0 Å². The first kappa shape index (κ1) is 17.7. The summed E-state index contributed by atoms with van der Waals surface area (Å²) in [7, 11) is 0. The summed E-state index contributed by atoms with van der Waals surface area (Å²) in [5, 5.41) is 2.29. The summed E-state index contributed by atoms with van der Waals surface area (Å²) < 4.78 is 12.2. The van der Waals surface area contributed by atoms with Crippen molar-refractivity contribution < 1.29 is 9.47 Å². The molecule has 0 bridgehead atoms. The zero-order chi connectivity index (χ0) is 16.8. The Morgan fingerprint density at radius 2 is 1.39 bits per heavy atom. The maximum absolute atomic E-state index is 6.10. The van der Waals surface area contributed by atoms with Crippen LogP contribution in [0, 0.1) is 18.8 Å². The summed E-state index contributed by atoms with van der Waals surface area (Å²) in [6, 6.07) is 10.5. The topological polar surface area (TPSA) is 18.5 Å². The van der Waals surface area contributed by atoms with E-state index in [1.165, 1.54) is 0 Å². The van der Waals surface area contributed by atoms with Crippen LogP contribution in [0.3, 0.4) is 0 Å². The molecule has 0 saturated heterocycles. The summed E-state index contributed by atoms with van der Waals surface area (Å²) in [6.45, 7) is 12.5. The van der Waals surface area contributed by atoms with Gasteiger partial charge in [-0.3, -0.25) is 0 Å². The number of fused-ring (bicyclic) bond motifs is 1. The highest BCUT2D eigenvalue weighted by atomic mass is 16.5. The molecule has 0 radical (unpaired) electrons. The predicted octanol–water partition coefficient (Wildman–Crippen LogP) is 6.00. The normalized spacial score (nSPS) is 11.4. The average Bonchev–Trinajstić information content (AvgIpc) is 2.49. The van der Waals surface area contributed by atoms with E-state index in [0.717, 1.165) is 53.9 Å². The van der Waals surface area contributed by atoms with Gasteiger partial charge in [0, 0.05) is 10.8 Å². The summed E-state index contributed by atoms with van der Waals surface area (Å²) >= 11 is 0. The molecular weight excluding hydrogens is 284 g/mol. The lowest BCUT2D eigenvalue weighted by atomic mass is 10.0. The molecular formula is C21H30O2. The zero-order valence-corrected chi connectivity index (χ0v) is 15.2. The molecule has 0 atom stereocenters. The third-order valence-corrected chi connectivity index (χ3v) is 4.04. The Balaban J connectivity index is 2.26. The number of hydrogen-bond acceptors (Lipinski definition) is 2. The van der Waals surface area contributed by atoms with Gasteiger partial charge in [-0.15, -0.1) is 0 Å². The minimum absolute atomic E-state index is 0.653. The molecule has 2 rings (SSSR count). The molecule has 2 nitrogen and oxygen atoms in total. The number of rotatable bonds is 8. The van der Waals surface area contributed by atoms with Crippen molar-refractivity contribution in [3.05, 3.63) is 35.9 Å². The van der Waals surface area contributed by atoms with Crippen molar-refractivity contribution in [3.8, 4) is 11.5 Å². The third kappa shape index (κ3) is 4.89. The Kier molecular flexibility index (Phi) is 6.32. The second-order valence-corrected chi connectivity index (χ2v) is 7.13. The van der Waals surface area contributed by atoms with Crippen molar-refractivity contribution >= 4 is 10.8 Å². The molecule has 126 valence electrons. The summed E-state index contributed by atoms with van der Waals surface area (Å²) in [5.41, 5.74) is 1.15. The lowest BCUT2D eigenvalue weighted by molar-refractivity contribution is 0.285. The van der Waals surface area contributed by atoms with Gasteiger partial charge in [0.2, 0.25) is 0 Å². The van der Waals surface area contributed by atoms with E-state index < -0.39 is 0 Å². The van der Waals surface area contributed by atoms with Crippen LogP contribution in [0.1, 0.15) is 46.1 Å². The van der Waals surface area contributed by atoms with Crippen LogP contribution in [0.4, 0.5) is 0 Å². The van der Waals surface area contributed by atoms with E-state index in [0.29, 0.717) is 11.8 Å². The highest BCUT2D eigenvalue weighted by Gasteiger charge is 2.12. The van der Waals surface area contributed by atoms with Gasteiger partial charge in [0.25, 0.3) is 0 Å². The van der Waals surface area contributed by atoms with Gasteiger partial charge >= 0.3 is 0 Å². The molecule has 0 aromatic heterocycles. The number of hydrogen-bond donors (Lipinski definition) is 0. The van der Waals surface area contributed by atoms with Crippen molar-refractivity contribution in [1.82, 2.24) is 0 Å². The lowest BCUT2D eigenvalue weighted by Gasteiger charge is -2.17. The van der Waals surface area contributed by atoms with E-state index in [9.17, 15) is 0 Å². The summed E-state index contributed by atoms with van der Waals surface area (Å²) in [5.74, 6) is 3.27. The van der Waals surface area contributed by atoms with Crippen LogP contribution in [0.2, 0.25) is 0 Å². The van der Waals surface area contributed by atoms with Gasteiger partial charge in [-0.2, -0.15) is 0 Å². The van der Waals surface area contributed by atoms with Crippen molar-refractivity contribution in [2.45, 2.75) is 47.5 Å². The minimum Gasteiger partial charge on any atom is -0.493 e. The molecule has 0 unspecified atom stereocenters. The molecule has 0 aliphatic heterocycles. The molecule has 0 amide bonds. The smallest absolute Gasteiger partial charge is 0.130 e. The Hall–Kier alpha value is -1.70. The molecule has 23 heavy (non-hydrogen) atoms. The summed E-state index contributed by atoms with van der Waals surface area (Å²) in [6.07, 6.45) is 2.14. The molecule has 0 aliphatic carbocycles. The highest BCUT2D eigenvalue weighted by molar-refractivity contribution is 5.94. The Morgan fingerprint density at radius 3 is 2.00 bits per heavy atom. The van der Waals surface area contributed by atoms with Crippen molar-refractivity contribution in [1.29, 1.82) is 0 Å². The lowest BCUT2D eigenvalue weighted by Crippen LogP contribution is -2.05. The van der Waals surface area contributed by atoms with E-state index >= 15 is 0 Å². The molecule has 0 fully saturated rings. The Morgan fingerprint density at radius 1 is 0.826 bits per heavy atom. The fourth-order valence-corrected chi connectivity index (χ4v) is 2.56. The Bertz CT molecular complexity index is 629. The maximum atomic E-state index is 6.10. The standard InChI is InChI=1S/C21H30O2/c1-15(2)10-12-22-20-14-17(5)21(23-13-11-16(3)4)19-9-7-6-8-18(19)20/h6-9,14-16H,10-13H2,1-5H3. The van der Waals surface area contributed by atoms with Crippen molar-refractivity contribution in [2.24, 2.45) is 11.8 Å². The first-order valence-corrected chi connectivity index (χ1v) is 8.77. The zero-order valence-electron chi connectivity index (χ0n) is 15.2. The van der Waals surface area contributed by atoms with Crippen LogP contribution in [-0.2, 0) is 0 Å². The molecule has 0 heterocycles. The second-order valence-electron chi connectivity index (χ2n) is 7.13. The molecule has 0 N–H and O–H groups in total. The van der Waals surface area contributed by atoms with Gasteiger partial charge in [-0.25, -0.2) is 0 Å². The molecule has 0 saturated carbocycles. The van der Waals surface area contributed by atoms with Crippen LogP contribution in [0.5, 0.6) is 11.5 Å². The van der Waals surface area contributed by atoms with Crippen LogP contribution < -0.4 is 9.47 Å². The fraction of sp³-hybridized carbons (Fsp3) is 0.524. The van der Waals surface area contributed by atoms with Crippen LogP contribution in [0.15, 0.2) is 30.3 Å². The monoisotopic (exact) mass is 314 g/mol. The van der Waals surface area contributed by atoms with E-state index in [-0.39, 0.29) is 0 Å². The number of benzene rings is 2. The molecule has 2 aromatic carbocycles.